The van der Waals surface area contributed by atoms with E-state index in [-0.39, 0.29) is 12.0 Å². The quantitative estimate of drug-likeness (QED) is 0.800. The highest BCUT2D eigenvalue weighted by atomic mass is 16.5. The number of nitrogens with zero attached hydrogens (tertiary/aromatic N) is 3. The first-order valence-electron chi connectivity index (χ1n) is 8.11. The Labute approximate surface area is 139 Å². The lowest BCUT2D eigenvalue weighted by molar-refractivity contribution is 0.0858. The molecule has 1 amide bonds. The number of rotatable bonds is 4. The predicted molar refractivity (Wildman–Crippen MR) is 89.7 cm³/mol. The van der Waals surface area contributed by atoms with Crippen LogP contribution in [0.2, 0.25) is 0 Å². The van der Waals surface area contributed by atoms with Crippen LogP contribution in [0.4, 0.5) is 0 Å². The minimum atomic E-state index is -0.114. The van der Waals surface area contributed by atoms with Gasteiger partial charge in [-0.1, -0.05) is 30.3 Å². The summed E-state index contributed by atoms with van der Waals surface area (Å²) in [6.45, 7) is 1.33. The molecule has 4 rings (SSSR count). The Kier molecular flexibility index (Phi) is 3.96. The molecule has 0 spiro atoms. The number of nitrogens with one attached hydrogen (secondary N) is 1. The summed E-state index contributed by atoms with van der Waals surface area (Å²) < 4.78 is 7.40. The van der Waals surface area contributed by atoms with Crippen molar-refractivity contribution in [1.29, 1.82) is 0 Å². The van der Waals surface area contributed by atoms with Crippen molar-refractivity contribution in [2.75, 3.05) is 13.2 Å². The number of fused-ring (bicyclic) bond motifs is 1. The topological polar surface area (TPSA) is 68.5 Å². The molecule has 3 heterocycles. The fraction of sp³-hybridized carbons (Fsp3) is 0.278. The third-order valence-electron chi connectivity index (χ3n) is 4.22. The van der Waals surface area contributed by atoms with Gasteiger partial charge in [-0.25, -0.2) is 0 Å². The van der Waals surface area contributed by atoms with E-state index in [0.29, 0.717) is 17.8 Å². The zero-order chi connectivity index (χ0) is 16.4. The second kappa shape index (κ2) is 6.41. The number of hydrogen-bond donors (Lipinski definition) is 1. The molecule has 0 saturated carbocycles. The number of amides is 1. The van der Waals surface area contributed by atoms with Crippen molar-refractivity contribution in [3.63, 3.8) is 0 Å². The van der Waals surface area contributed by atoms with Crippen LogP contribution < -0.4 is 5.32 Å². The number of ether oxygens (including phenoxy) is 1. The molecule has 1 unspecified atom stereocenters. The van der Waals surface area contributed by atoms with Gasteiger partial charge in [0.05, 0.1) is 6.10 Å². The van der Waals surface area contributed by atoms with Gasteiger partial charge in [-0.15, -0.1) is 10.2 Å². The van der Waals surface area contributed by atoms with E-state index < -0.39 is 0 Å². The van der Waals surface area contributed by atoms with Gasteiger partial charge < -0.3 is 10.1 Å². The van der Waals surface area contributed by atoms with Crippen LogP contribution in [-0.2, 0) is 4.74 Å². The van der Waals surface area contributed by atoms with E-state index in [1.807, 2.05) is 40.9 Å². The highest BCUT2D eigenvalue weighted by Gasteiger charge is 2.17. The van der Waals surface area contributed by atoms with Crippen LogP contribution in [0.25, 0.3) is 17.0 Å². The maximum Gasteiger partial charge on any atom is 0.251 e. The van der Waals surface area contributed by atoms with Crippen LogP contribution in [0.5, 0.6) is 0 Å². The summed E-state index contributed by atoms with van der Waals surface area (Å²) in [5.74, 6) is 0.647. The third kappa shape index (κ3) is 2.88. The maximum absolute atomic E-state index is 12.3. The molecule has 2 aromatic heterocycles. The van der Waals surface area contributed by atoms with Crippen molar-refractivity contribution in [3.8, 4) is 11.4 Å². The lowest BCUT2D eigenvalue weighted by Gasteiger charge is -2.10. The molecule has 0 bridgehead atoms. The molecule has 0 radical (unpaired) electrons. The van der Waals surface area contributed by atoms with Crippen molar-refractivity contribution in [1.82, 2.24) is 19.9 Å². The van der Waals surface area contributed by atoms with E-state index >= 15 is 0 Å². The van der Waals surface area contributed by atoms with Crippen LogP contribution in [-0.4, -0.2) is 39.8 Å². The first-order valence-corrected chi connectivity index (χ1v) is 8.11. The summed E-state index contributed by atoms with van der Waals surface area (Å²) in [7, 11) is 0. The first kappa shape index (κ1) is 14.8. The lowest BCUT2D eigenvalue weighted by atomic mass is 10.2. The smallest absolute Gasteiger partial charge is 0.251 e. The molecule has 24 heavy (non-hydrogen) atoms. The van der Waals surface area contributed by atoms with Gasteiger partial charge in [0.25, 0.3) is 5.91 Å². The standard InChI is InChI=1S/C18H18N4O2/c23-18(19-12-15-7-4-10-24-15)14-8-9-22-16(11-14)20-21-17(22)13-5-2-1-3-6-13/h1-3,5-6,8-9,11,15H,4,7,10,12H2,(H,19,23). The van der Waals surface area contributed by atoms with E-state index in [4.69, 9.17) is 4.74 Å². The number of hydrogen-bond acceptors (Lipinski definition) is 4. The molecular weight excluding hydrogens is 304 g/mol. The fourth-order valence-corrected chi connectivity index (χ4v) is 2.93. The average Bonchev–Trinajstić information content (AvgIpc) is 3.29. The van der Waals surface area contributed by atoms with Crippen molar-refractivity contribution in [2.24, 2.45) is 0 Å². The Morgan fingerprint density at radius 3 is 2.92 bits per heavy atom. The maximum atomic E-state index is 12.3. The summed E-state index contributed by atoms with van der Waals surface area (Å²) in [5.41, 5.74) is 2.21. The highest BCUT2D eigenvalue weighted by Crippen LogP contribution is 2.18. The molecule has 1 fully saturated rings. The van der Waals surface area contributed by atoms with E-state index in [1.54, 1.807) is 12.1 Å². The SMILES string of the molecule is O=C(NCC1CCCO1)c1ccn2c(-c3ccccc3)nnc2c1. The number of pyridine rings is 1. The van der Waals surface area contributed by atoms with Gasteiger partial charge in [-0.3, -0.25) is 9.20 Å². The molecule has 6 nitrogen and oxygen atoms in total. The zero-order valence-corrected chi connectivity index (χ0v) is 13.2. The van der Waals surface area contributed by atoms with E-state index in [9.17, 15) is 4.79 Å². The van der Waals surface area contributed by atoms with Crippen molar-refractivity contribution in [2.45, 2.75) is 18.9 Å². The van der Waals surface area contributed by atoms with E-state index in [0.717, 1.165) is 30.8 Å². The second-order valence-electron chi connectivity index (χ2n) is 5.88. The third-order valence-corrected chi connectivity index (χ3v) is 4.22. The van der Waals surface area contributed by atoms with Gasteiger partial charge in [-0.05, 0) is 25.0 Å². The van der Waals surface area contributed by atoms with E-state index in [2.05, 4.69) is 15.5 Å². The van der Waals surface area contributed by atoms with Crippen LogP contribution in [0.1, 0.15) is 23.2 Å². The summed E-state index contributed by atoms with van der Waals surface area (Å²) in [6, 6.07) is 13.4. The number of carbonyl (C=O) groups is 1. The van der Waals surface area contributed by atoms with Crippen molar-refractivity contribution in [3.05, 3.63) is 54.2 Å². The molecule has 1 atom stereocenters. The van der Waals surface area contributed by atoms with Crippen LogP contribution in [0.15, 0.2) is 48.7 Å². The number of benzene rings is 1. The van der Waals surface area contributed by atoms with Crippen molar-refractivity contribution >= 4 is 11.6 Å². The molecule has 6 heteroatoms. The van der Waals surface area contributed by atoms with Gasteiger partial charge in [0.15, 0.2) is 11.5 Å². The van der Waals surface area contributed by atoms with Crippen LogP contribution >= 0.6 is 0 Å². The Morgan fingerprint density at radius 1 is 1.25 bits per heavy atom. The Balaban J connectivity index is 1.54. The average molecular weight is 322 g/mol. The first-order chi connectivity index (χ1) is 11.8. The molecule has 1 aliphatic heterocycles. The van der Waals surface area contributed by atoms with Gasteiger partial charge in [-0.2, -0.15) is 0 Å². The Bertz CT molecular complexity index is 854. The molecule has 1 N–H and O–H groups in total. The van der Waals surface area contributed by atoms with Gasteiger partial charge in [0, 0.05) is 30.5 Å². The molecular formula is C18H18N4O2. The number of aromatic nitrogens is 3. The summed E-state index contributed by atoms with van der Waals surface area (Å²) in [4.78, 5) is 12.3. The lowest BCUT2D eigenvalue weighted by Crippen LogP contribution is -2.31. The molecule has 0 aliphatic carbocycles. The minimum absolute atomic E-state index is 0.114. The van der Waals surface area contributed by atoms with Crippen LogP contribution in [0, 0.1) is 0 Å². The Morgan fingerprint density at radius 2 is 2.12 bits per heavy atom. The normalized spacial score (nSPS) is 17.2. The summed E-state index contributed by atoms with van der Waals surface area (Å²) in [5, 5.41) is 11.3. The minimum Gasteiger partial charge on any atom is -0.376 e. The van der Waals surface area contributed by atoms with Gasteiger partial charge in [0.1, 0.15) is 0 Å². The zero-order valence-electron chi connectivity index (χ0n) is 13.2. The van der Waals surface area contributed by atoms with Gasteiger partial charge >= 0.3 is 0 Å². The summed E-state index contributed by atoms with van der Waals surface area (Å²) in [6.07, 6.45) is 4.03. The molecule has 1 aromatic carbocycles. The predicted octanol–water partition coefficient (Wildman–Crippen LogP) is 2.31. The fourth-order valence-electron chi connectivity index (χ4n) is 2.93. The molecule has 122 valence electrons. The molecule has 1 aliphatic rings. The largest absolute Gasteiger partial charge is 0.376 e. The van der Waals surface area contributed by atoms with Gasteiger partial charge in [0.2, 0.25) is 0 Å². The monoisotopic (exact) mass is 322 g/mol. The Hall–Kier alpha value is -2.73. The molecule has 1 saturated heterocycles. The molecule has 3 aromatic rings. The second-order valence-corrected chi connectivity index (χ2v) is 5.88. The highest BCUT2D eigenvalue weighted by molar-refractivity contribution is 5.95. The number of carbonyl (C=O) groups excluding carboxylic acids is 1. The summed E-state index contributed by atoms with van der Waals surface area (Å²) >= 11 is 0. The van der Waals surface area contributed by atoms with Crippen LogP contribution in [0.3, 0.4) is 0 Å². The van der Waals surface area contributed by atoms with E-state index in [1.165, 1.54) is 0 Å². The van der Waals surface area contributed by atoms with Crippen molar-refractivity contribution < 1.29 is 9.53 Å².